The molecule has 1 atom stereocenters. The molecular formula is C23H29N3O6. The largest absolute Gasteiger partial charge is 0.490 e. The zero-order valence-corrected chi connectivity index (χ0v) is 18.8. The van der Waals surface area contributed by atoms with Gasteiger partial charge in [0.15, 0.2) is 6.61 Å². The number of methoxy groups -OCH3 is 1. The van der Waals surface area contributed by atoms with Gasteiger partial charge in [-0.05, 0) is 31.9 Å². The number of nitrogens with zero attached hydrogens (tertiary/aromatic N) is 2. The molecule has 0 saturated carbocycles. The van der Waals surface area contributed by atoms with E-state index in [2.05, 4.69) is 5.32 Å². The summed E-state index contributed by atoms with van der Waals surface area (Å²) in [5, 5.41) is 13.9. The summed E-state index contributed by atoms with van der Waals surface area (Å²) in [5.74, 6) is -0.352. The number of nitro groups is 1. The summed E-state index contributed by atoms with van der Waals surface area (Å²) in [6.07, 6.45) is 0.787. The molecule has 32 heavy (non-hydrogen) atoms. The molecule has 0 aromatic heterocycles. The van der Waals surface area contributed by atoms with Gasteiger partial charge in [0, 0.05) is 25.2 Å². The Morgan fingerprint density at radius 1 is 1.19 bits per heavy atom. The van der Waals surface area contributed by atoms with Crippen molar-refractivity contribution < 1.29 is 24.0 Å². The van der Waals surface area contributed by atoms with Crippen LogP contribution in [-0.4, -0.2) is 47.9 Å². The molecule has 172 valence electrons. The van der Waals surface area contributed by atoms with Gasteiger partial charge in [-0.3, -0.25) is 19.7 Å². The summed E-state index contributed by atoms with van der Waals surface area (Å²) in [7, 11) is 1.32. The Morgan fingerprint density at radius 3 is 2.47 bits per heavy atom. The number of aryl methyl sites for hydroxylation is 1. The summed E-state index contributed by atoms with van der Waals surface area (Å²) >= 11 is 0. The first-order valence-electron chi connectivity index (χ1n) is 10.3. The molecule has 0 spiro atoms. The molecule has 9 heteroatoms. The summed E-state index contributed by atoms with van der Waals surface area (Å²) in [5.41, 5.74) is 1.78. The minimum Gasteiger partial charge on any atom is -0.490 e. The average molecular weight is 444 g/mol. The molecule has 9 nitrogen and oxygen atoms in total. The molecule has 0 unspecified atom stereocenters. The Hall–Kier alpha value is -3.62. The lowest BCUT2D eigenvalue weighted by Crippen LogP contribution is -2.49. The second-order valence-electron chi connectivity index (χ2n) is 7.35. The van der Waals surface area contributed by atoms with Gasteiger partial charge in [0.2, 0.25) is 11.7 Å². The van der Waals surface area contributed by atoms with E-state index in [1.54, 1.807) is 6.92 Å². The van der Waals surface area contributed by atoms with Gasteiger partial charge < -0.3 is 19.7 Å². The molecule has 0 aliphatic rings. The number of benzene rings is 2. The van der Waals surface area contributed by atoms with Crippen LogP contribution in [0.15, 0.2) is 42.5 Å². The third-order valence-corrected chi connectivity index (χ3v) is 4.90. The Labute approximate surface area is 187 Å². The quantitative estimate of drug-likeness (QED) is 0.422. The maximum Gasteiger partial charge on any atom is 0.311 e. The lowest BCUT2D eigenvalue weighted by molar-refractivity contribution is -0.385. The molecule has 2 aromatic rings. The van der Waals surface area contributed by atoms with Crippen molar-refractivity contribution in [3.05, 3.63) is 63.7 Å². The van der Waals surface area contributed by atoms with E-state index in [1.807, 2.05) is 38.1 Å². The molecule has 2 aromatic carbocycles. The van der Waals surface area contributed by atoms with Gasteiger partial charge in [-0.15, -0.1) is 0 Å². The fourth-order valence-corrected chi connectivity index (χ4v) is 3.00. The van der Waals surface area contributed by atoms with Crippen molar-refractivity contribution >= 4 is 17.5 Å². The van der Waals surface area contributed by atoms with Crippen LogP contribution in [0, 0.1) is 17.0 Å². The van der Waals surface area contributed by atoms with Crippen LogP contribution in [0.4, 0.5) is 5.69 Å². The summed E-state index contributed by atoms with van der Waals surface area (Å²) in [4.78, 5) is 37.5. The van der Waals surface area contributed by atoms with Crippen molar-refractivity contribution in [2.45, 2.75) is 39.8 Å². The van der Waals surface area contributed by atoms with E-state index in [4.69, 9.17) is 9.47 Å². The van der Waals surface area contributed by atoms with E-state index in [9.17, 15) is 19.7 Å². The molecule has 0 aliphatic carbocycles. The molecule has 0 saturated heterocycles. The van der Waals surface area contributed by atoms with Gasteiger partial charge in [0.25, 0.3) is 5.91 Å². The predicted octanol–water partition coefficient (Wildman–Crippen LogP) is 3.23. The number of hydrogen-bond acceptors (Lipinski definition) is 6. The van der Waals surface area contributed by atoms with Crippen molar-refractivity contribution in [1.82, 2.24) is 10.2 Å². The first-order chi connectivity index (χ1) is 15.3. The standard InChI is InChI=1S/C23H29N3O6/c1-5-12-24-23(28)17(3)25(14-18-8-6-16(2)7-9-18)22(27)15-32-19-10-11-20(26(29)30)21(13-19)31-4/h6-11,13,17H,5,12,14-15H2,1-4H3,(H,24,28)/t17-/m0/s1. The molecule has 2 amide bonds. The average Bonchev–Trinajstić information content (AvgIpc) is 2.79. The van der Waals surface area contributed by atoms with Crippen LogP contribution in [0.3, 0.4) is 0 Å². The summed E-state index contributed by atoms with van der Waals surface area (Å²) < 4.78 is 10.6. The Morgan fingerprint density at radius 2 is 1.88 bits per heavy atom. The number of hydrogen-bond donors (Lipinski definition) is 1. The second-order valence-corrected chi connectivity index (χ2v) is 7.35. The maximum atomic E-state index is 13.0. The highest BCUT2D eigenvalue weighted by Crippen LogP contribution is 2.30. The first kappa shape index (κ1) is 24.6. The second kappa shape index (κ2) is 11.7. The highest BCUT2D eigenvalue weighted by atomic mass is 16.6. The Bertz CT molecular complexity index is 945. The lowest BCUT2D eigenvalue weighted by atomic mass is 10.1. The van der Waals surface area contributed by atoms with Crippen molar-refractivity contribution in [1.29, 1.82) is 0 Å². The number of nitro benzene ring substituents is 1. The number of amides is 2. The number of carbonyl (C=O) groups is 2. The predicted molar refractivity (Wildman–Crippen MR) is 120 cm³/mol. The summed E-state index contributed by atoms with van der Waals surface area (Å²) in [6, 6.07) is 11.0. The normalized spacial score (nSPS) is 11.4. The monoisotopic (exact) mass is 443 g/mol. The SMILES string of the molecule is CCCNC(=O)[C@H](C)N(Cc1ccc(C)cc1)C(=O)COc1ccc([N+](=O)[O-])c(OC)c1. The molecule has 0 aliphatic heterocycles. The van der Waals surface area contributed by atoms with Crippen molar-refractivity contribution in [2.75, 3.05) is 20.3 Å². The van der Waals surface area contributed by atoms with Crippen molar-refractivity contribution in [3.8, 4) is 11.5 Å². The molecule has 0 bridgehead atoms. The first-order valence-corrected chi connectivity index (χ1v) is 10.3. The van der Waals surface area contributed by atoms with Gasteiger partial charge in [0.1, 0.15) is 11.8 Å². The van der Waals surface area contributed by atoms with Crippen LogP contribution in [0.1, 0.15) is 31.4 Å². The molecule has 0 radical (unpaired) electrons. The molecule has 0 heterocycles. The fraction of sp³-hybridized carbons (Fsp3) is 0.391. The van der Waals surface area contributed by atoms with Gasteiger partial charge in [-0.1, -0.05) is 36.8 Å². The van der Waals surface area contributed by atoms with Crippen molar-refractivity contribution in [3.63, 3.8) is 0 Å². The smallest absolute Gasteiger partial charge is 0.311 e. The Kier molecular flexibility index (Phi) is 9.00. The van der Waals surface area contributed by atoms with Gasteiger partial charge in [-0.25, -0.2) is 0 Å². The van der Waals surface area contributed by atoms with E-state index < -0.39 is 11.0 Å². The zero-order chi connectivity index (χ0) is 23.7. The highest BCUT2D eigenvalue weighted by molar-refractivity contribution is 5.88. The van der Waals surface area contributed by atoms with E-state index in [0.29, 0.717) is 6.54 Å². The molecular weight excluding hydrogens is 414 g/mol. The number of carbonyl (C=O) groups excluding carboxylic acids is 2. The topological polar surface area (TPSA) is 111 Å². The van der Waals surface area contributed by atoms with Gasteiger partial charge >= 0.3 is 5.69 Å². The van der Waals surface area contributed by atoms with Crippen LogP contribution < -0.4 is 14.8 Å². The third kappa shape index (κ3) is 6.69. The van der Waals surface area contributed by atoms with Crippen LogP contribution in [-0.2, 0) is 16.1 Å². The third-order valence-electron chi connectivity index (χ3n) is 4.90. The van der Waals surface area contributed by atoms with E-state index >= 15 is 0 Å². The van der Waals surface area contributed by atoms with Crippen LogP contribution >= 0.6 is 0 Å². The van der Waals surface area contributed by atoms with E-state index in [1.165, 1.54) is 30.2 Å². The van der Waals surface area contributed by atoms with E-state index in [0.717, 1.165) is 17.5 Å². The molecule has 1 N–H and O–H groups in total. The van der Waals surface area contributed by atoms with Gasteiger partial charge in [-0.2, -0.15) is 0 Å². The van der Waals surface area contributed by atoms with Gasteiger partial charge in [0.05, 0.1) is 12.0 Å². The number of rotatable bonds is 11. The molecule has 0 fully saturated rings. The maximum absolute atomic E-state index is 13.0. The minimum absolute atomic E-state index is 0.0313. The van der Waals surface area contributed by atoms with Crippen LogP contribution in [0.5, 0.6) is 11.5 Å². The van der Waals surface area contributed by atoms with E-state index in [-0.39, 0.29) is 42.2 Å². The zero-order valence-electron chi connectivity index (χ0n) is 18.8. The minimum atomic E-state index is -0.703. The van der Waals surface area contributed by atoms with Crippen LogP contribution in [0.2, 0.25) is 0 Å². The van der Waals surface area contributed by atoms with Crippen molar-refractivity contribution in [2.24, 2.45) is 0 Å². The molecule has 2 rings (SSSR count). The number of ether oxygens (including phenoxy) is 2. The summed E-state index contributed by atoms with van der Waals surface area (Å²) in [6.45, 7) is 6.03. The highest BCUT2D eigenvalue weighted by Gasteiger charge is 2.26. The lowest BCUT2D eigenvalue weighted by Gasteiger charge is -2.28. The van der Waals surface area contributed by atoms with Crippen LogP contribution in [0.25, 0.3) is 0 Å². The number of nitrogens with one attached hydrogen (secondary N) is 1. The fourth-order valence-electron chi connectivity index (χ4n) is 3.00. The Balaban J connectivity index is 2.16.